The number of nitrogens with zero attached hydrogens (tertiary/aromatic N) is 3. The van der Waals surface area contributed by atoms with Gasteiger partial charge in [-0.25, -0.2) is 8.78 Å². The molecule has 1 aromatic heterocycles. The number of benzene rings is 1. The quantitative estimate of drug-likeness (QED) is 0.605. The number of aryl methyl sites for hydroxylation is 1. The molecule has 0 aliphatic heterocycles. The van der Waals surface area contributed by atoms with Crippen LogP contribution in [-0.4, -0.2) is 34.4 Å². The molecule has 0 unspecified atom stereocenters. The second-order valence-corrected chi connectivity index (χ2v) is 7.90. The minimum Gasteiger partial charge on any atom is -0.343 e. The van der Waals surface area contributed by atoms with Crippen LogP contribution in [0.3, 0.4) is 0 Å². The van der Waals surface area contributed by atoms with E-state index in [1.165, 1.54) is 0 Å². The van der Waals surface area contributed by atoms with E-state index in [4.69, 9.17) is 5.26 Å². The molecule has 2 atom stereocenters. The third kappa shape index (κ3) is 4.36. The van der Waals surface area contributed by atoms with Crippen molar-refractivity contribution in [3.8, 4) is 17.2 Å². The fourth-order valence-corrected chi connectivity index (χ4v) is 4.18. The first-order valence-corrected chi connectivity index (χ1v) is 10.3. The van der Waals surface area contributed by atoms with Gasteiger partial charge in [-0.3, -0.25) is 9.48 Å². The molecule has 1 saturated carbocycles. The summed E-state index contributed by atoms with van der Waals surface area (Å²) in [6.45, 7) is -0.196. The summed E-state index contributed by atoms with van der Waals surface area (Å²) in [4.78, 5) is 13.7. The summed E-state index contributed by atoms with van der Waals surface area (Å²) in [5, 5.41) is 15.7. The Morgan fingerprint density at radius 1 is 1.43 bits per heavy atom. The normalized spacial score (nSPS) is 21.1. The van der Waals surface area contributed by atoms with Crippen molar-refractivity contribution in [2.75, 3.05) is 12.8 Å². The smallest absolute Gasteiger partial charge is 0.249 e. The van der Waals surface area contributed by atoms with Crippen LogP contribution in [0.1, 0.15) is 30.9 Å². The minimum absolute atomic E-state index is 0.171. The number of hydrogen-bond acceptors (Lipinski definition) is 4. The molecule has 5 nitrogen and oxygen atoms in total. The van der Waals surface area contributed by atoms with Crippen LogP contribution in [0.4, 0.5) is 8.78 Å². The van der Waals surface area contributed by atoms with Gasteiger partial charge in [-0.2, -0.15) is 10.4 Å². The van der Waals surface area contributed by atoms with Crippen molar-refractivity contribution in [1.29, 1.82) is 5.26 Å². The van der Waals surface area contributed by atoms with E-state index in [-0.39, 0.29) is 19.4 Å². The highest BCUT2D eigenvalue weighted by molar-refractivity contribution is 7.98. The number of hydrogen-bond donors (Lipinski definition) is 1. The maximum absolute atomic E-state index is 14.1. The molecule has 1 aliphatic carbocycles. The topological polar surface area (TPSA) is 70.7 Å². The van der Waals surface area contributed by atoms with E-state index >= 15 is 0 Å². The van der Waals surface area contributed by atoms with Gasteiger partial charge in [0.05, 0.1) is 17.7 Å². The van der Waals surface area contributed by atoms with Crippen LogP contribution in [0.25, 0.3) is 11.1 Å². The van der Waals surface area contributed by atoms with E-state index in [9.17, 15) is 13.6 Å². The lowest BCUT2D eigenvalue weighted by atomic mass is 9.74. The molecule has 8 heteroatoms. The van der Waals surface area contributed by atoms with E-state index in [2.05, 4.69) is 10.4 Å². The van der Waals surface area contributed by atoms with E-state index in [1.54, 1.807) is 23.5 Å². The van der Waals surface area contributed by atoms with Crippen LogP contribution < -0.4 is 5.32 Å². The predicted molar refractivity (Wildman–Crippen MR) is 104 cm³/mol. The number of rotatable bonds is 5. The summed E-state index contributed by atoms with van der Waals surface area (Å²) < 4.78 is 29.8. The molecular weight excluding hydrogens is 382 g/mol. The van der Waals surface area contributed by atoms with Crippen molar-refractivity contribution < 1.29 is 13.6 Å². The van der Waals surface area contributed by atoms with Crippen molar-refractivity contribution in [2.24, 2.45) is 13.0 Å². The summed E-state index contributed by atoms with van der Waals surface area (Å²) >= 11 is 1.64. The highest BCUT2D eigenvalue weighted by atomic mass is 32.2. The lowest BCUT2D eigenvalue weighted by molar-refractivity contribution is -0.133. The van der Waals surface area contributed by atoms with Gasteiger partial charge in [-0.05, 0) is 30.4 Å². The highest BCUT2D eigenvalue weighted by Gasteiger charge is 2.46. The van der Waals surface area contributed by atoms with Gasteiger partial charge in [-0.15, -0.1) is 11.8 Å². The first-order valence-electron chi connectivity index (χ1n) is 9.05. The van der Waals surface area contributed by atoms with Crippen LogP contribution in [0, 0.1) is 17.2 Å². The molecular formula is C20H22F2N4OS. The molecule has 1 N–H and O–H groups in total. The molecule has 2 aromatic rings. The SMILES string of the molecule is CSc1ccc(-c2cn(C)nc2[C@@H]2CCC(F)(F)C[C@H]2C(=O)NCC#N)cc1. The second kappa shape index (κ2) is 8.31. The van der Waals surface area contributed by atoms with Gasteiger partial charge in [0, 0.05) is 42.5 Å². The van der Waals surface area contributed by atoms with Gasteiger partial charge in [0.1, 0.15) is 6.54 Å². The average molecular weight is 404 g/mol. The Hall–Kier alpha value is -2.40. The molecule has 0 radical (unpaired) electrons. The number of halogens is 2. The van der Waals surface area contributed by atoms with Crippen molar-refractivity contribution >= 4 is 17.7 Å². The molecule has 1 aromatic carbocycles. The van der Waals surface area contributed by atoms with Crippen molar-refractivity contribution in [1.82, 2.24) is 15.1 Å². The Morgan fingerprint density at radius 2 is 2.14 bits per heavy atom. The van der Waals surface area contributed by atoms with E-state index in [0.717, 1.165) is 16.0 Å². The van der Waals surface area contributed by atoms with E-state index in [0.29, 0.717) is 5.69 Å². The number of thioether (sulfide) groups is 1. The molecule has 28 heavy (non-hydrogen) atoms. The third-order valence-corrected chi connectivity index (χ3v) is 5.86. The lowest BCUT2D eigenvalue weighted by Crippen LogP contribution is -2.41. The van der Waals surface area contributed by atoms with Crippen LogP contribution in [0.5, 0.6) is 0 Å². The molecule has 1 amide bonds. The van der Waals surface area contributed by atoms with Gasteiger partial charge < -0.3 is 5.32 Å². The molecule has 1 aliphatic rings. The fraction of sp³-hybridized carbons (Fsp3) is 0.450. The number of aromatic nitrogens is 2. The Kier molecular flexibility index (Phi) is 6.04. The first kappa shape index (κ1) is 20.3. The number of nitriles is 1. The molecule has 148 valence electrons. The van der Waals surface area contributed by atoms with Gasteiger partial charge >= 0.3 is 0 Å². The maximum Gasteiger partial charge on any atom is 0.249 e. The maximum atomic E-state index is 14.1. The van der Waals surface area contributed by atoms with E-state index < -0.39 is 30.1 Å². The summed E-state index contributed by atoms with van der Waals surface area (Å²) in [6.07, 6.45) is 3.22. The molecule has 0 saturated heterocycles. The summed E-state index contributed by atoms with van der Waals surface area (Å²) in [7, 11) is 1.78. The molecule has 1 heterocycles. The average Bonchev–Trinajstić information content (AvgIpc) is 3.06. The molecule has 0 bridgehead atoms. The zero-order chi connectivity index (χ0) is 20.3. The standard InChI is InChI=1S/C20H22F2N4OS/c1-26-12-17(13-3-5-14(28-2)6-4-13)18(25-26)15-7-8-20(21,22)11-16(15)19(27)24-10-9-23/h3-6,12,15-16H,7-8,10-11H2,1-2H3,(H,24,27)/t15-,16-/m1/s1. The Balaban J connectivity index is 1.98. The van der Waals surface area contributed by atoms with Gasteiger partial charge in [0.25, 0.3) is 0 Å². The largest absolute Gasteiger partial charge is 0.343 e. The number of amides is 1. The van der Waals surface area contributed by atoms with Crippen LogP contribution in [-0.2, 0) is 11.8 Å². The Morgan fingerprint density at radius 3 is 2.79 bits per heavy atom. The van der Waals surface area contributed by atoms with Crippen molar-refractivity contribution in [2.45, 2.75) is 36.0 Å². The van der Waals surface area contributed by atoms with Crippen LogP contribution >= 0.6 is 11.8 Å². The summed E-state index contributed by atoms with van der Waals surface area (Å²) in [5.41, 5.74) is 2.45. The summed E-state index contributed by atoms with van der Waals surface area (Å²) in [6, 6.07) is 9.79. The monoisotopic (exact) mass is 404 g/mol. The highest BCUT2D eigenvalue weighted by Crippen LogP contribution is 2.46. The van der Waals surface area contributed by atoms with Crippen molar-refractivity contribution in [3.05, 3.63) is 36.2 Å². The van der Waals surface area contributed by atoms with E-state index in [1.807, 2.05) is 42.8 Å². The fourth-order valence-electron chi connectivity index (χ4n) is 3.77. The number of alkyl halides is 2. The van der Waals surface area contributed by atoms with Gasteiger partial charge in [0.2, 0.25) is 11.8 Å². The third-order valence-electron chi connectivity index (χ3n) is 5.11. The first-order chi connectivity index (χ1) is 13.3. The number of carbonyl (C=O) groups excluding carboxylic acids is 1. The Bertz CT molecular complexity index is 889. The van der Waals surface area contributed by atoms with Crippen LogP contribution in [0.2, 0.25) is 0 Å². The number of carbonyl (C=O) groups is 1. The predicted octanol–water partition coefficient (Wildman–Crippen LogP) is 3.97. The zero-order valence-corrected chi connectivity index (χ0v) is 16.6. The van der Waals surface area contributed by atoms with Crippen molar-refractivity contribution in [3.63, 3.8) is 0 Å². The summed E-state index contributed by atoms with van der Waals surface area (Å²) in [5.74, 6) is -4.74. The van der Waals surface area contributed by atoms with Gasteiger partial charge in [0.15, 0.2) is 0 Å². The minimum atomic E-state index is -2.89. The van der Waals surface area contributed by atoms with Crippen LogP contribution in [0.15, 0.2) is 35.4 Å². The molecule has 0 spiro atoms. The zero-order valence-electron chi connectivity index (χ0n) is 15.8. The second-order valence-electron chi connectivity index (χ2n) is 7.02. The number of nitrogens with one attached hydrogen (secondary N) is 1. The molecule has 3 rings (SSSR count). The van der Waals surface area contributed by atoms with Gasteiger partial charge in [-0.1, -0.05) is 12.1 Å². The lowest BCUT2D eigenvalue weighted by Gasteiger charge is -2.34. The molecule has 1 fully saturated rings. The Labute approximate surface area is 167 Å².